The number of ether oxygens (including phenoxy) is 1. The highest BCUT2D eigenvalue weighted by molar-refractivity contribution is 5.81. The Hall–Kier alpha value is -5.40. The average molecular weight is 622 g/mol. The first-order valence-corrected chi connectivity index (χ1v) is 16.2. The molecule has 6 aromatic rings. The molecule has 0 bridgehead atoms. The Morgan fingerprint density at radius 1 is 0.723 bits per heavy atom. The molecule has 0 aliphatic carbocycles. The van der Waals surface area contributed by atoms with Crippen LogP contribution in [0.3, 0.4) is 0 Å². The van der Waals surface area contributed by atoms with Gasteiger partial charge in [0.05, 0.1) is 6.61 Å². The largest absolute Gasteiger partial charge is 0.465 e. The van der Waals surface area contributed by atoms with Crippen LogP contribution in [0.1, 0.15) is 48.9 Å². The SMILES string of the molecule is CCC[C@H](NCc1ccc(-c2ccccc2-c2nnnn2C(c2ccccc2)(c2ccccc2)c2ccccc2)cc1)C(=O)OCC. The van der Waals surface area contributed by atoms with E-state index in [0.29, 0.717) is 19.0 Å². The summed E-state index contributed by atoms with van der Waals surface area (Å²) in [5.74, 6) is 0.454. The fourth-order valence-corrected chi connectivity index (χ4v) is 6.29. The lowest BCUT2D eigenvalue weighted by Crippen LogP contribution is -2.39. The molecule has 0 spiro atoms. The second-order valence-corrected chi connectivity index (χ2v) is 11.4. The number of aromatic nitrogens is 4. The zero-order valence-electron chi connectivity index (χ0n) is 26.8. The van der Waals surface area contributed by atoms with Crippen molar-refractivity contribution in [3.63, 3.8) is 0 Å². The molecule has 0 saturated heterocycles. The summed E-state index contributed by atoms with van der Waals surface area (Å²) < 4.78 is 7.23. The third kappa shape index (κ3) is 6.48. The molecule has 5 aromatic carbocycles. The summed E-state index contributed by atoms with van der Waals surface area (Å²) in [7, 11) is 0. The molecule has 7 nitrogen and oxygen atoms in total. The molecule has 7 heteroatoms. The third-order valence-corrected chi connectivity index (χ3v) is 8.50. The molecule has 0 aliphatic rings. The molecule has 0 unspecified atom stereocenters. The molecule has 236 valence electrons. The topological polar surface area (TPSA) is 81.9 Å². The first kappa shape index (κ1) is 31.6. The Kier molecular flexibility index (Phi) is 9.94. The fourth-order valence-electron chi connectivity index (χ4n) is 6.29. The second kappa shape index (κ2) is 14.8. The number of esters is 1. The van der Waals surface area contributed by atoms with E-state index in [-0.39, 0.29) is 12.0 Å². The maximum Gasteiger partial charge on any atom is 0.323 e. The molecular weight excluding hydrogens is 582 g/mol. The average Bonchev–Trinajstić information content (AvgIpc) is 3.62. The number of benzene rings is 5. The van der Waals surface area contributed by atoms with Crippen molar-refractivity contribution < 1.29 is 9.53 Å². The van der Waals surface area contributed by atoms with Crippen LogP contribution in [-0.2, 0) is 21.6 Å². The van der Waals surface area contributed by atoms with Gasteiger partial charge < -0.3 is 10.1 Å². The van der Waals surface area contributed by atoms with Gasteiger partial charge in [-0.15, -0.1) is 5.10 Å². The van der Waals surface area contributed by atoms with Gasteiger partial charge in [-0.1, -0.05) is 153 Å². The van der Waals surface area contributed by atoms with E-state index in [0.717, 1.165) is 51.8 Å². The molecule has 0 fully saturated rings. The zero-order valence-corrected chi connectivity index (χ0v) is 26.8. The van der Waals surface area contributed by atoms with Gasteiger partial charge in [-0.3, -0.25) is 4.79 Å². The van der Waals surface area contributed by atoms with E-state index in [4.69, 9.17) is 9.95 Å². The molecule has 6 rings (SSSR count). The molecule has 47 heavy (non-hydrogen) atoms. The van der Waals surface area contributed by atoms with Crippen LogP contribution in [0.4, 0.5) is 0 Å². The van der Waals surface area contributed by atoms with Gasteiger partial charge in [-0.25, -0.2) is 4.68 Å². The van der Waals surface area contributed by atoms with Gasteiger partial charge in [0.2, 0.25) is 0 Å². The summed E-state index contributed by atoms with van der Waals surface area (Å²) in [6, 6.07) is 47.6. The predicted octanol–water partition coefficient (Wildman–Crippen LogP) is 7.67. The highest BCUT2D eigenvalue weighted by atomic mass is 16.5. The predicted molar refractivity (Wildman–Crippen MR) is 185 cm³/mol. The summed E-state index contributed by atoms with van der Waals surface area (Å²) >= 11 is 0. The van der Waals surface area contributed by atoms with Crippen molar-refractivity contribution in [1.29, 1.82) is 0 Å². The number of tetrazole rings is 1. The number of hydrogen-bond donors (Lipinski definition) is 1. The third-order valence-electron chi connectivity index (χ3n) is 8.50. The molecular formula is C40H39N5O2. The minimum atomic E-state index is -0.848. The lowest BCUT2D eigenvalue weighted by atomic mass is 9.77. The molecule has 1 N–H and O–H groups in total. The summed E-state index contributed by atoms with van der Waals surface area (Å²) in [5, 5.41) is 17.1. The monoisotopic (exact) mass is 621 g/mol. The summed E-state index contributed by atoms with van der Waals surface area (Å²) in [6.45, 7) is 4.85. The van der Waals surface area contributed by atoms with Gasteiger partial charge in [0.15, 0.2) is 5.82 Å². The van der Waals surface area contributed by atoms with E-state index < -0.39 is 5.54 Å². The summed E-state index contributed by atoms with van der Waals surface area (Å²) in [5.41, 5.74) is 6.34. The van der Waals surface area contributed by atoms with Crippen LogP contribution >= 0.6 is 0 Å². The van der Waals surface area contributed by atoms with Crippen LogP contribution in [0.25, 0.3) is 22.5 Å². The second-order valence-electron chi connectivity index (χ2n) is 11.4. The lowest BCUT2D eigenvalue weighted by molar-refractivity contribution is -0.145. The van der Waals surface area contributed by atoms with Crippen LogP contribution in [0, 0.1) is 0 Å². The Morgan fingerprint density at radius 3 is 1.79 bits per heavy atom. The van der Waals surface area contributed by atoms with Crippen LogP contribution in [0.5, 0.6) is 0 Å². The van der Waals surface area contributed by atoms with E-state index in [1.165, 1.54) is 0 Å². The van der Waals surface area contributed by atoms with Gasteiger partial charge in [0.1, 0.15) is 11.6 Å². The van der Waals surface area contributed by atoms with E-state index in [1.807, 2.05) is 41.9 Å². The van der Waals surface area contributed by atoms with Gasteiger partial charge in [0, 0.05) is 12.1 Å². The normalized spacial score (nSPS) is 12.0. The molecule has 0 amide bonds. The number of nitrogens with one attached hydrogen (secondary N) is 1. The summed E-state index contributed by atoms with van der Waals surface area (Å²) in [6.07, 6.45) is 1.63. The molecule has 0 aliphatic heterocycles. The van der Waals surface area contributed by atoms with Gasteiger partial charge in [-0.05, 0) is 57.2 Å². The molecule has 1 atom stereocenters. The molecule has 1 heterocycles. The minimum absolute atomic E-state index is 0.199. The van der Waals surface area contributed by atoms with Crippen LogP contribution in [0.15, 0.2) is 140 Å². The van der Waals surface area contributed by atoms with E-state index in [1.54, 1.807) is 0 Å². The van der Waals surface area contributed by atoms with E-state index in [9.17, 15) is 4.79 Å². The Labute approximate surface area is 276 Å². The number of rotatable bonds is 13. The minimum Gasteiger partial charge on any atom is -0.465 e. The van der Waals surface area contributed by atoms with E-state index >= 15 is 0 Å². The smallest absolute Gasteiger partial charge is 0.323 e. The molecule has 0 saturated carbocycles. The Morgan fingerprint density at radius 2 is 1.26 bits per heavy atom. The standard InChI is InChI=1S/C40H39N5O2/c1-3-16-37(39(46)47-4-2)41-29-30-25-27-31(28-26-30)35-23-14-15-24-36(35)38-42-43-44-45(38)40(32-17-8-5-9-18-32,33-19-10-6-11-20-33)34-21-12-7-13-22-34/h5-15,17-28,37,41H,3-4,16,29H2,1-2H3/t37-/m0/s1. The molecule has 0 radical (unpaired) electrons. The van der Waals surface area contributed by atoms with Crippen molar-refractivity contribution >= 4 is 5.97 Å². The first-order chi connectivity index (χ1) is 23.2. The Bertz CT molecular complexity index is 1780. The quantitative estimate of drug-likeness (QED) is 0.105. The van der Waals surface area contributed by atoms with Crippen molar-refractivity contribution in [2.45, 2.75) is 44.8 Å². The molecule has 1 aromatic heterocycles. The van der Waals surface area contributed by atoms with Gasteiger partial charge in [-0.2, -0.15) is 0 Å². The number of hydrogen-bond acceptors (Lipinski definition) is 6. The highest BCUT2D eigenvalue weighted by Gasteiger charge is 2.42. The Balaban J connectivity index is 1.42. The highest BCUT2D eigenvalue weighted by Crippen LogP contribution is 2.43. The number of carbonyl (C=O) groups is 1. The zero-order chi connectivity index (χ0) is 32.5. The lowest BCUT2D eigenvalue weighted by Gasteiger charge is -2.36. The van der Waals surface area contributed by atoms with Crippen molar-refractivity contribution in [2.75, 3.05) is 6.61 Å². The van der Waals surface area contributed by atoms with Crippen molar-refractivity contribution in [2.24, 2.45) is 0 Å². The van der Waals surface area contributed by atoms with Crippen molar-refractivity contribution in [3.05, 3.63) is 162 Å². The van der Waals surface area contributed by atoms with E-state index in [2.05, 4.69) is 132 Å². The summed E-state index contributed by atoms with van der Waals surface area (Å²) in [4.78, 5) is 12.4. The number of nitrogens with zero attached hydrogens (tertiary/aromatic N) is 4. The van der Waals surface area contributed by atoms with Gasteiger partial charge >= 0.3 is 5.97 Å². The number of carbonyl (C=O) groups excluding carboxylic acids is 1. The van der Waals surface area contributed by atoms with Crippen LogP contribution < -0.4 is 5.32 Å². The van der Waals surface area contributed by atoms with Crippen LogP contribution in [0.2, 0.25) is 0 Å². The maximum absolute atomic E-state index is 12.4. The van der Waals surface area contributed by atoms with Crippen molar-refractivity contribution in [1.82, 2.24) is 25.5 Å². The van der Waals surface area contributed by atoms with Crippen molar-refractivity contribution in [3.8, 4) is 22.5 Å². The van der Waals surface area contributed by atoms with Crippen LogP contribution in [-0.4, -0.2) is 38.8 Å². The first-order valence-electron chi connectivity index (χ1n) is 16.2. The maximum atomic E-state index is 12.4. The fraction of sp³-hybridized carbons (Fsp3) is 0.200. The van der Waals surface area contributed by atoms with Gasteiger partial charge in [0.25, 0.3) is 0 Å².